The van der Waals surface area contributed by atoms with Crippen LogP contribution in [0.25, 0.3) is 0 Å². The molecule has 0 bridgehead atoms. The molecule has 1 rings (SSSR count). The molecule has 0 aromatic carbocycles. The second-order valence-corrected chi connectivity index (χ2v) is 4.81. The van der Waals surface area contributed by atoms with Crippen molar-refractivity contribution < 1.29 is 9.90 Å². The summed E-state index contributed by atoms with van der Waals surface area (Å²) < 4.78 is 0. The molecular formula is C11H18N2O2S. The zero-order chi connectivity index (χ0) is 12.1. The fraction of sp³-hybridized carbons (Fsp3) is 0.636. The molecule has 1 aromatic heterocycles. The summed E-state index contributed by atoms with van der Waals surface area (Å²) in [5.41, 5.74) is 0.748. The zero-order valence-electron chi connectivity index (χ0n) is 9.86. The summed E-state index contributed by atoms with van der Waals surface area (Å²) in [6, 6.07) is -0.379. The van der Waals surface area contributed by atoms with Crippen molar-refractivity contribution in [1.29, 1.82) is 0 Å². The number of rotatable bonds is 5. The van der Waals surface area contributed by atoms with Gasteiger partial charge in [-0.1, -0.05) is 20.8 Å². The van der Waals surface area contributed by atoms with E-state index < -0.39 is 0 Å². The SMILES string of the molecule is CCC(=O)NC(CO)c1csc(C(C)C)n1. The first-order valence-corrected chi connectivity index (χ1v) is 6.32. The number of nitrogens with zero attached hydrogens (tertiary/aromatic N) is 1. The minimum absolute atomic E-state index is 0.0712. The van der Waals surface area contributed by atoms with Crippen LogP contribution in [0, 0.1) is 0 Å². The van der Waals surface area contributed by atoms with E-state index >= 15 is 0 Å². The summed E-state index contributed by atoms with van der Waals surface area (Å²) in [6.45, 7) is 5.81. The van der Waals surface area contributed by atoms with Gasteiger partial charge < -0.3 is 10.4 Å². The number of hydrogen-bond donors (Lipinski definition) is 2. The van der Waals surface area contributed by atoms with E-state index in [0.717, 1.165) is 10.7 Å². The Labute approximate surface area is 99.7 Å². The van der Waals surface area contributed by atoms with Crippen LogP contribution in [0.2, 0.25) is 0 Å². The molecular weight excluding hydrogens is 224 g/mol. The summed E-state index contributed by atoms with van der Waals surface area (Å²) in [5.74, 6) is 0.304. The molecule has 1 amide bonds. The van der Waals surface area contributed by atoms with E-state index in [1.54, 1.807) is 18.3 Å². The lowest BCUT2D eigenvalue weighted by Crippen LogP contribution is -2.30. The van der Waals surface area contributed by atoms with Crippen LogP contribution < -0.4 is 5.32 Å². The van der Waals surface area contributed by atoms with Gasteiger partial charge in [0.2, 0.25) is 5.91 Å². The summed E-state index contributed by atoms with van der Waals surface area (Å²) in [5, 5.41) is 14.9. The number of carbonyl (C=O) groups is 1. The Balaban J connectivity index is 2.74. The van der Waals surface area contributed by atoms with Crippen molar-refractivity contribution in [3.63, 3.8) is 0 Å². The summed E-state index contributed by atoms with van der Waals surface area (Å²) in [6.07, 6.45) is 0.414. The molecule has 0 saturated carbocycles. The van der Waals surface area contributed by atoms with Crippen molar-refractivity contribution in [2.24, 2.45) is 0 Å². The van der Waals surface area contributed by atoms with Crippen molar-refractivity contribution in [1.82, 2.24) is 10.3 Å². The van der Waals surface area contributed by atoms with Crippen molar-refractivity contribution in [2.45, 2.75) is 39.2 Å². The van der Waals surface area contributed by atoms with Gasteiger partial charge >= 0.3 is 0 Å². The van der Waals surface area contributed by atoms with E-state index in [2.05, 4.69) is 24.1 Å². The van der Waals surface area contributed by atoms with Crippen LogP contribution in [0.4, 0.5) is 0 Å². The molecule has 1 heterocycles. The smallest absolute Gasteiger partial charge is 0.220 e. The highest BCUT2D eigenvalue weighted by Crippen LogP contribution is 2.22. The predicted octanol–water partition coefficient (Wildman–Crippen LogP) is 1.83. The molecule has 2 N–H and O–H groups in total. The predicted molar refractivity (Wildman–Crippen MR) is 64.5 cm³/mol. The van der Waals surface area contributed by atoms with E-state index in [-0.39, 0.29) is 18.6 Å². The molecule has 0 aliphatic rings. The molecule has 90 valence electrons. The molecule has 0 fully saturated rings. The van der Waals surface area contributed by atoms with Gasteiger partial charge in [-0.15, -0.1) is 11.3 Å². The molecule has 0 aliphatic carbocycles. The van der Waals surface area contributed by atoms with Crippen LogP contribution in [0.3, 0.4) is 0 Å². The maximum Gasteiger partial charge on any atom is 0.220 e. The fourth-order valence-electron chi connectivity index (χ4n) is 1.24. The Morgan fingerprint density at radius 2 is 2.31 bits per heavy atom. The van der Waals surface area contributed by atoms with Gasteiger partial charge in [0.05, 0.1) is 23.4 Å². The van der Waals surface area contributed by atoms with Crippen molar-refractivity contribution in [3.05, 3.63) is 16.1 Å². The number of amides is 1. The standard InChI is InChI=1S/C11H18N2O2S/c1-4-10(15)12-8(5-14)9-6-16-11(13-9)7(2)3/h6-8,14H,4-5H2,1-3H3,(H,12,15). The Kier molecular flexibility index (Phi) is 4.89. The Hall–Kier alpha value is -0.940. The largest absolute Gasteiger partial charge is 0.394 e. The van der Waals surface area contributed by atoms with E-state index in [1.165, 1.54) is 0 Å². The van der Waals surface area contributed by atoms with E-state index in [4.69, 9.17) is 0 Å². The number of carbonyl (C=O) groups excluding carboxylic acids is 1. The number of hydrogen-bond acceptors (Lipinski definition) is 4. The van der Waals surface area contributed by atoms with Crippen LogP contribution in [-0.2, 0) is 4.79 Å². The first-order chi connectivity index (χ1) is 7.58. The van der Waals surface area contributed by atoms with Gasteiger partial charge in [-0.2, -0.15) is 0 Å². The quantitative estimate of drug-likeness (QED) is 0.828. The maximum atomic E-state index is 11.2. The highest BCUT2D eigenvalue weighted by molar-refractivity contribution is 7.09. The Morgan fingerprint density at radius 3 is 2.75 bits per heavy atom. The van der Waals surface area contributed by atoms with E-state index in [9.17, 15) is 9.90 Å². The van der Waals surface area contributed by atoms with Gasteiger partial charge in [-0.3, -0.25) is 4.79 Å². The minimum atomic E-state index is -0.379. The monoisotopic (exact) mass is 242 g/mol. The average molecular weight is 242 g/mol. The van der Waals surface area contributed by atoms with Crippen LogP contribution in [-0.4, -0.2) is 22.6 Å². The van der Waals surface area contributed by atoms with Crippen molar-refractivity contribution in [3.8, 4) is 0 Å². The molecule has 5 heteroatoms. The molecule has 16 heavy (non-hydrogen) atoms. The van der Waals surface area contributed by atoms with E-state index in [0.29, 0.717) is 12.3 Å². The summed E-state index contributed by atoms with van der Waals surface area (Å²) >= 11 is 1.56. The van der Waals surface area contributed by atoms with Crippen LogP contribution in [0.1, 0.15) is 49.9 Å². The lowest BCUT2D eigenvalue weighted by Gasteiger charge is -2.13. The van der Waals surface area contributed by atoms with Crippen LogP contribution in [0.5, 0.6) is 0 Å². The highest BCUT2D eigenvalue weighted by Gasteiger charge is 2.16. The normalized spacial score (nSPS) is 12.8. The number of aromatic nitrogens is 1. The van der Waals surface area contributed by atoms with Crippen molar-refractivity contribution >= 4 is 17.2 Å². The second-order valence-electron chi connectivity index (χ2n) is 3.92. The number of aliphatic hydroxyl groups excluding tert-OH is 1. The fourth-order valence-corrected chi connectivity index (χ4v) is 2.12. The molecule has 0 spiro atoms. The third-order valence-electron chi connectivity index (χ3n) is 2.23. The van der Waals surface area contributed by atoms with Gasteiger partial charge in [-0.25, -0.2) is 4.98 Å². The first kappa shape index (κ1) is 13.1. The van der Waals surface area contributed by atoms with Crippen LogP contribution >= 0.6 is 11.3 Å². The van der Waals surface area contributed by atoms with Crippen LogP contribution in [0.15, 0.2) is 5.38 Å². The second kappa shape index (κ2) is 5.96. The molecule has 0 radical (unpaired) electrons. The topological polar surface area (TPSA) is 62.2 Å². The Bertz CT molecular complexity index is 350. The maximum absolute atomic E-state index is 11.2. The molecule has 0 aliphatic heterocycles. The lowest BCUT2D eigenvalue weighted by atomic mass is 10.2. The average Bonchev–Trinajstić information content (AvgIpc) is 2.74. The highest BCUT2D eigenvalue weighted by atomic mass is 32.1. The number of nitrogens with one attached hydrogen (secondary N) is 1. The molecule has 1 aromatic rings. The zero-order valence-corrected chi connectivity index (χ0v) is 10.7. The number of aliphatic hydroxyl groups is 1. The third kappa shape index (κ3) is 3.28. The molecule has 4 nitrogen and oxygen atoms in total. The molecule has 1 unspecified atom stereocenters. The van der Waals surface area contributed by atoms with Gasteiger partial charge in [0.15, 0.2) is 0 Å². The molecule has 1 atom stereocenters. The van der Waals surface area contributed by atoms with Crippen molar-refractivity contribution in [2.75, 3.05) is 6.61 Å². The third-order valence-corrected chi connectivity index (χ3v) is 3.39. The first-order valence-electron chi connectivity index (χ1n) is 5.44. The minimum Gasteiger partial charge on any atom is -0.394 e. The van der Waals surface area contributed by atoms with E-state index in [1.807, 2.05) is 5.38 Å². The Morgan fingerprint density at radius 1 is 1.62 bits per heavy atom. The van der Waals surface area contributed by atoms with Gasteiger partial charge in [0.1, 0.15) is 0 Å². The number of thiazole rings is 1. The molecule has 0 saturated heterocycles. The summed E-state index contributed by atoms with van der Waals surface area (Å²) in [7, 11) is 0. The van der Waals surface area contributed by atoms with Gasteiger partial charge in [-0.05, 0) is 0 Å². The van der Waals surface area contributed by atoms with Gasteiger partial charge in [0, 0.05) is 17.7 Å². The summed E-state index contributed by atoms with van der Waals surface area (Å²) in [4.78, 5) is 15.7. The van der Waals surface area contributed by atoms with Gasteiger partial charge in [0.25, 0.3) is 0 Å². The lowest BCUT2D eigenvalue weighted by molar-refractivity contribution is -0.121.